The predicted octanol–water partition coefficient (Wildman–Crippen LogP) is 2.03. The van der Waals surface area contributed by atoms with Gasteiger partial charge in [-0.3, -0.25) is 24.1 Å². The van der Waals surface area contributed by atoms with E-state index in [0.29, 0.717) is 28.4 Å². The number of amides is 2. The van der Waals surface area contributed by atoms with E-state index in [-0.39, 0.29) is 35.7 Å². The number of hydrogen-bond donors (Lipinski definition) is 3. The molecule has 0 aliphatic carbocycles. The highest BCUT2D eigenvalue weighted by atomic mass is 32.2. The summed E-state index contributed by atoms with van der Waals surface area (Å²) in [4.78, 5) is 54.9. The molecule has 2 aliphatic heterocycles. The minimum Gasteiger partial charge on any atom is -0.481 e. The Kier molecular flexibility index (Phi) is 6.51. The quantitative estimate of drug-likeness (QED) is 0.379. The van der Waals surface area contributed by atoms with E-state index in [4.69, 9.17) is 5.11 Å². The molecule has 2 atom stereocenters. The summed E-state index contributed by atoms with van der Waals surface area (Å²) in [6.07, 6.45) is 0.464. The molecule has 1 fully saturated rings. The highest BCUT2D eigenvalue weighted by Gasteiger charge is 2.54. The molecule has 0 radical (unpaired) electrons. The van der Waals surface area contributed by atoms with E-state index in [1.807, 2.05) is 17.5 Å². The molecule has 4 rings (SSSR count). The average Bonchev–Trinajstić information content (AvgIpc) is 3.41. The van der Waals surface area contributed by atoms with Crippen LogP contribution >= 0.6 is 47.1 Å². The first-order valence-electron chi connectivity index (χ1n) is 9.24. The molecule has 8 nitrogen and oxygen atoms in total. The Morgan fingerprint density at radius 2 is 2.13 bits per heavy atom. The number of fused-ring (bicyclic) bond motifs is 1. The van der Waals surface area contributed by atoms with Crippen LogP contribution in [0.5, 0.6) is 0 Å². The van der Waals surface area contributed by atoms with Crippen molar-refractivity contribution in [2.45, 2.75) is 30.7 Å². The number of thiazole rings is 1. The molecule has 2 amide bonds. The smallest absolute Gasteiger partial charge is 0.303 e. The fraction of sp³-hybridized carbons (Fsp3) is 0.316. The number of nitrogens with zero attached hydrogens (tertiary/aromatic N) is 2. The van der Waals surface area contributed by atoms with Crippen LogP contribution in [0.1, 0.15) is 22.0 Å². The Morgan fingerprint density at radius 3 is 2.81 bits per heavy atom. The van der Waals surface area contributed by atoms with Gasteiger partial charge in [-0.1, -0.05) is 18.7 Å². The maximum atomic E-state index is 12.8. The predicted molar refractivity (Wildman–Crippen MR) is 122 cm³/mol. The van der Waals surface area contributed by atoms with E-state index < -0.39 is 17.1 Å². The molecular formula is C19H17N3O5S4. The molecule has 0 unspecified atom stereocenters. The standard InChI is InChI=1S/C19H17N3O5S4/c23-12(6-10-2-1-5-29-10)21-14-17(26)22-15(19(27)28)11(8-31-18(14)22)16-20-9(7-30-16)3-4-13(24)25/h1-2,5,7,14,18H,3-4,6,8H2,(H,21,23)(H,24,25)(H,27,28)/t14-,18-/m1/s1. The molecule has 4 heterocycles. The minimum atomic E-state index is -0.908. The van der Waals surface area contributed by atoms with Gasteiger partial charge in [0.05, 0.1) is 18.5 Å². The number of rotatable bonds is 8. The van der Waals surface area contributed by atoms with Crippen molar-refractivity contribution in [2.75, 3.05) is 5.75 Å². The first-order valence-corrected chi connectivity index (χ1v) is 12.5. The van der Waals surface area contributed by atoms with Gasteiger partial charge in [-0.2, -0.15) is 0 Å². The van der Waals surface area contributed by atoms with Crippen LogP contribution in [-0.4, -0.2) is 55.1 Å². The summed E-state index contributed by atoms with van der Waals surface area (Å²) in [7, 11) is 0. The van der Waals surface area contributed by atoms with E-state index in [0.717, 1.165) is 4.88 Å². The third-order valence-corrected chi connectivity index (χ3v) is 8.13. The largest absolute Gasteiger partial charge is 0.481 e. The first-order chi connectivity index (χ1) is 14.8. The van der Waals surface area contributed by atoms with Crippen molar-refractivity contribution < 1.29 is 24.3 Å². The Morgan fingerprint density at radius 1 is 1.32 bits per heavy atom. The van der Waals surface area contributed by atoms with E-state index in [1.54, 1.807) is 5.38 Å². The van der Waals surface area contributed by atoms with Crippen LogP contribution in [0.2, 0.25) is 0 Å². The van der Waals surface area contributed by atoms with Gasteiger partial charge in [-0.05, 0) is 11.4 Å². The number of carbonyl (C=O) groups is 4. The lowest BCUT2D eigenvalue weighted by atomic mass is 10.0. The fourth-order valence-corrected chi connectivity index (χ4v) is 6.66. The van der Waals surface area contributed by atoms with Crippen LogP contribution in [0.15, 0.2) is 28.6 Å². The number of carboxylic acids is 1. The zero-order chi connectivity index (χ0) is 22.1. The SMILES string of the molecule is O=C(O)CCc1csc(C2=C(C(=O)S)N3C(=O)[C@@H](NC(=O)Cc4cccs4)[C@H]3SC2)n1. The minimum absolute atomic E-state index is 0.0329. The van der Waals surface area contributed by atoms with E-state index >= 15 is 0 Å². The van der Waals surface area contributed by atoms with Crippen molar-refractivity contribution in [1.82, 2.24) is 15.2 Å². The van der Waals surface area contributed by atoms with Crippen molar-refractivity contribution in [3.63, 3.8) is 0 Å². The van der Waals surface area contributed by atoms with Crippen molar-refractivity contribution in [2.24, 2.45) is 0 Å². The van der Waals surface area contributed by atoms with Gasteiger partial charge in [0, 0.05) is 28.0 Å². The van der Waals surface area contributed by atoms with Crippen LogP contribution in [0.25, 0.3) is 5.57 Å². The molecule has 2 aromatic heterocycles. The second-order valence-electron chi connectivity index (χ2n) is 6.88. The second kappa shape index (κ2) is 9.15. The highest BCUT2D eigenvalue weighted by Crippen LogP contribution is 2.44. The summed E-state index contributed by atoms with van der Waals surface area (Å²) in [5.41, 5.74) is 1.41. The number of β-lactam (4-membered cyclic amide) rings is 1. The van der Waals surface area contributed by atoms with Crippen molar-refractivity contribution in [3.05, 3.63) is 44.2 Å². The van der Waals surface area contributed by atoms with Crippen molar-refractivity contribution in [1.29, 1.82) is 0 Å². The normalized spacial score (nSPS) is 20.3. The molecule has 31 heavy (non-hydrogen) atoms. The number of aliphatic carboxylic acids is 1. The van der Waals surface area contributed by atoms with Crippen molar-refractivity contribution in [3.8, 4) is 0 Å². The maximum Gasteiger partial charge on any atom is 0.303 e. The molecule has 0 saturated carbocycles. The zero-order valence-electron chi connectivity index (χ0n) is 15.9. The lowest BCUT2D eigenvalue weighted by Crippen LogP contribution is -2.70. The van der Waals surface area contributed by atoms with Gasteiger partial charge in [0.1, 0.15) is 22.1 Å². The molecule has 2 N–H and O–H groups in total. The third-order valence-electron chi connectivity index (χ3n) is 4.81. The number of thiol groups is 1. The van der Waals surface area contributed by atoms with Crippen LogP contribution < -0.4 is 5.32 Å². The van der Waals surface area contributed by atoms with E-state index in [1.165, 1.54) is 39.3 Å². The monoisotopic (exact) mass is 495 g/mol. The zero-order valence-corrected chi connectivity index (χ0v) is 19.3. The summed E-state index contributed by atoms with van der Waals surface area (Å²) in [6.45, 7) is 0. The van der Waals surface area contributed by atoms with Crippen LogP contribution in [0.3, 0.4) is 0 Å². The lowest BCUT2D eigenvalue weighted by Gasteiger charge is -2.49. The van der Waals surface area contributed by atoms with Crippen LogP contribution in [-0.2, 0) is 32.0 Å². The molecule has 1 saturated heterocycles. The highest BCUT2D eigenvalue weighted by molar-refractivity contribution is 8.00. The lowest BCUT2D eigenvalue weighted by molar-refractivity contribution is -0.146. The Labute approximate surface area is 195 Å². The Balaban J connectivity index is 1.50. The number of thiophene rings is 1. The molecule has 0 spiro atoms. The van der Waals surface area contributed by atoms with Gasteiger partial charge in [0.15, 0.2) is 0 Å². The number of aryl methyl sites for hydroxylation is 1. The number of thioether (sulfide) groups is 1. The molecule has 12 heteroatoms. The van der Waals surface area contributed by atoms with Gasteiger partial charge in [0.2, 0.25) is 11.0 Å². The van der Waals surface area contributed by atoms with Gasteiger partial charge >= 0.3 is 5.97 Å². The van der Waals surface area contributed by atoms with Crippen molar-refractivity contribution >= 4 is 75.5 Å². The summed E-state index contributed by atoms with van der Waals surface area (Å²) >= 11 is 8.20. The Bertz CT molecular complexity index is 1080. The van der Waals surface area contributed by atoms with E-state index in [2.05, 4.69) is 22.9 Å². The van der Waals surface area contributed by atoms with E-state index in [9.17, 15) is 19.2 Å². The molecule has 2 aromatic rings. The van der Waals surface area contributed by atoms with Gasteiger partial charge in [-0.25, -0.2) is 4.98 Å². The van der Waals surface area contributed by atoms with Gasteiger partial charge in [-0.15, -0.1) is 34.4 Å². The number of aromatic nitrogens is 1. The summed E-state index contributed by atoms with van der Waals surface area (Å²) in [6, 6.07) is 3.03. The van der Waals surface area contributed by atoms with Crippen LogP contribution in [0.4, 0.5) is 0 Å². The maximum absolute atomic E-state index is 12.8. The number of carbonyl (C=O) groups excluding carboxylic acids is 3. The number of hydrogen-bond acceptors (Lipinski definition) is 8. The molecule has 2 aliphatic rings. The Hall–Kier alpha value is -2.15. The summed E-state index contributed by atoms with van der Waals surface area (Å²) in [5, 5.41) is 14.9. The fourth-order valence-electron chi connectivity index (χ4n) is 3.37. The average molecular weight is 496 g/mol. The summed E-state index contributed by atoms with van der Waals surface area (Å²) in [5.74, 6) is -1.07. The first kappa shape index (κ1) is 22.1. The topological polar surface area (TPSA) is 117 Å². The molecule has 0 aromatic carbocycles. The molecule has 0 bridgehead atoms. The summed E-state index contributed by atoms with van der Waals surface area (Å²) < 4.78 is 0. The van der Waals surface area contributed by atoms with Crippen LogP contribution in [0, 0.1) is 0 Å². The van der Waals surface area contributed by atoms with Gasteiger partial charge < -0.3 is 10.4 Å². The number of nitrogens with one attached hydrogen (secondary N) is 1. The van der Waals surface area contributed by atoms with Gasteiger partial charge in [0.25, 0.3) is 5.91 Å². The number of carboxylic acid groups (broad SMARTS) is 1. The third kappa shape index (κ3) is 4.56. The molecular weight excluding hydrogens is 478 g/mol. The second-order valence-corrected chi connectivity index (χ2v) is 10.3. The molecule has 162 valence electrons.